The van der Waals surface area contributed by atoms with E-state index in [9.17, 15) is 9.59 Å². The first-order valence-electron chi connectivity index (χ1n) is 7.36. The molecule has 0 bridgehead atoms. The van der Waals surface area contributed by atoms with E-state index >= 15 is 0 Å². The van der Waals surface area contributed by atoms with Gasteiger partial charge in [-0.1, -0.05) is 36.4 Å². The fourth-order valence-corrected chi connectivity index (χ4v) is 2.34. The lowest BCUT2D eigenvalue weighted by molar-refractivity contribution is -0.125. The van der Waals surface area contributed by atoms with Gasteiger partial charge >= 0.3 is 0 Å². The monoisotopic (exact) mass is 324 g/mol. The van der Waals surface area contributed by atoms with Crippen LogP contribution in [0.1, 0.15) is 17.2 Å². The second-order valence-corrected chi connectivity index (χ2v) is 5.20. The van der Waals surface area contributed by atoms with Crippen LogP contribution < -0.4 is 20.5 Å². The average Bonchev–Trinajstić information content (AvgIpc) is 3.06. The fourth-order valence-electron chi connectivity index (χ4n) is 2.34. The molecule has 0 radical (unpaired) electrons. The predicted octanol–water partition coefficient (Wildman–Crippen LogP) is 1.77. The molecule has 0 saturated heterocycles. The van der Waals surface area contributed by atoms with Gasteiger partial charge in [-0.2, -0.15) is 0 Å². The number of primary amides is 1. The molecule has 2 aromatic rings. The summed E-state index contributed by atoms with van der Waals surface area (Å²) < 4.78 is 10.5. The summed E-state index contributed by atoms with van der Waals surface area (Å²) in [5, 5.41) is 2.60. The van der Waals surface area contributed by atoms with Gasteiger partial charge in [0.25, 0.3) is 0 Å². The van der Waals surface area contributed by atoms with Crippen LogP contribution >= 0.6 is 0 Å². The van der Waals surface area contributed by atoms with Crippen LogP contribution in [0, 0.1) is 0 Å². The van der Waals surface area contributed by atoms with Gasteiger partial charge in [-0.15, -0.1) is 0 Å². The van der Waals surface area contributed by atoms with E-state index in [4.69, 9.17) is 15.2 Å². The number of rotatable bonds is 5. The maximum Gasteiger partial charge on any atom is 0.244 e. The molecule has 1 atom stereocenters. The molecule has 24 heavy (non-hydrogen) atoms. The van der Waals surface area contributed by atoms with E-state index < -0.39 is 17.9 Å². The van der Waals surface area contributed by atoms with Crippen molar-refractivity contribution >= 4 is 17.9 Å². The zero-order valence-electron chi connectivity index (χ0n) is 12.8. The fraction of sp³-hybridized carbons (Fsp3) is 0.111. The lowest BCUT2D eigenvalue weighted by Gasteiger charge is -2.14. The molecule has 3 N–H and O–H groups in total. The van der Waals surface area contributed by atoms with Crippen molar-refractivity contribution in [3.63, 3.8) is 0 Å². The van der Waals surface area contributed by atoms with E-state index in [1.807, 2.05) is 6.07 Å². The van der Waals surface area contributed by atoms with Crippen LogP contribution in [0.2, 0.25) is 0 Å². The molecule has 1 unspecified atom stereocenters. The highest BCUT2D eigenvalue weighted by atomic mass is 16.7. The van der Waals surface area contributed by atoms with Crippen molar-refractivity contribution in [2.45, 2.75) is 6.04 Å². The van der Waals surface area contributed by atoms with Gasteiger partial charge in [-0.25, -0.2) is 0 Å². The Balaban J connectivity index is 1.69. The van der Waals surface area contributed by atoms with E-state index in [1.54, 1.807) is 48.5 Å². The number of hydrogen-bond acceptors (Lipinski definition) is 4. The first-order valence-corrected chi connectivity index (χ1v) is 7.36. The van der Waals surface area contributed by atoms with Gasteiger partial charge in [0, 0.05) is 6.08 Å². The Bertz CT molecular complexity index is 787. The van der Waals surface area contributed by atoms with Crippen LogP contribution in [0.3, 0.4) is 0 Å². The van der Waals surface area contributed by atoms with Gasteiger partial charge < -0.3 is 20.5 Å². The highest BCUT2D eigenvalue weighted by molar-refractivity contribution is 5.95. The van der Waals surface area contributed by atoms with Gasteiger partial charge in [0.15, 0.2) is 11.5 Å². The Morgan fingerprint density at radius 2 is 1.83 bits per heavy atom. The van der Waals surface area contributed by atoms with E-state index in [0.717, 1.165) is 5.56 Å². The molecule has 0 aliphatic carbocycles. The lowest BCUT2D eigenvalue weighted by Crippen LogP contribution is -2.36. The van der Waals surface area contributed by atoms with Crippen LogP contribution in [0.5, 0.6) is 11.5 Å². The summed E-state index contributed by atoms with van der Waals surface area (Å²) >= 11 is 0. The highest BCUT2D eigenvalue weighted by Crippen LogP contribution is 2.32. The molecule has 1 heterocycles. The molecule has 6 heteroatoms. The van der Waals surface area contributed by atoms with Gasteiger partial charge in [0.2, 0.25) is 18.6 Å². The first kappa shape index (κ1) is 15.6. The van der Waals surface area contributed by atoms with Crippen LogP contribution in [-0.2, 0) is 9.59 Å². The topological polar surface area (TPSA) is 90.7 Å². The van der Waals surface area contributed by atoms with Gasteiger partial charge in [0.05, 0.1) is 0 Å². The Kier molecular flexibility index (Phi) is 4.47. The van der Waals surface area contributed by atoms with Crippen LogP contribution in [0.15, 0.2) is 54.6 Å². The summed E-state index contributed by atoms with van der Waals surface area (Å²) in [5.74, 6) is 0.276. The van der Waals surface area contributed by atoms with Crippen LogP contribution in [0.4, 0.5) is 0 Å². The minimum Gasteiger partial charge on any atom is -0.454 e. The largest absolute Gasteiger partial charge is 0.454 e. The number of carbonyl (C=O) groups is 2. The molecule has 1 aliphatic heterocycles. The molecule has 3 rings (SSSR count). The van der Waals surface area contributed by atoms with Crippen molar-refractivity contribution < 1.29 is 19.1 Å². The van der Waals surface area contributed by atoms with Crippen LogP contribution in [0.25, 0.3) is 6.08 Å². The number of hydrogen-bond donors (Lipinski definition) is 2. The minimum atomic E-state index is -0.875. The molecule has 2 aromatic carbocycles. The van der Waals surface area contributed by atoms with Crippen molar-refractivity contribution in [2.24, 2.45) is 5.73 Å². The second-order valence-electron chi connectivity index (χ2n) is 5.20. The Hall–Kier alpha value is -3.28. The number of fused-ring (bicyclic) bond motifs is 1. The van der Waals surface area contributed by atoms with Crippen molar-refractivity contribution in [1.82, 2.24) is 5.32 Å². The second kappa shape index (κ2) is 6.87. The SMILES string of the molecule is NC(=O)C(NC(=O)/C=C/c1ccc2c(c1)OCO2)c1ccccc1. The van der Waals surface area contributed by atoms with Crippen molar-refractivity contribution in [1.29, 1.82) is 0 Å². The zero-order valence-corrected chi connectivity index (χ0v) is 12.8. The molecular weight excluding hydrogens is 308 g/mol. The number of nitrogens with two attached hydrogens (primary N) is 1. The maximum absolute atomic E-state index is 12.1. The van der Waals surface area contributed by atoms with Gasteiger partial charge in [-0.3, -0.25) is 9.59 Å². The molecule has 6 nitrogen and oxygen atoms in total. The number of nitrogens with one attached hydrogen (secondary N) is 1. The normalized spacial score (nSPS) is 13.7. The molecule has 0 aromatic heterocycles. The number of amides is 2. The summed E-state index contributed by atoms with van der Waals surface area (Å²) in [7, 11) is 0. The highest BCUT2D eigenvalue weighted by Gasteiger charge is 2.18. The molecule has 0 spiro atoms. The summed E-state index contributed by atoms with van der Waals surface area (Å²) in [6.45, 7) is 0.195. The number of carbonyl (C=O) groups excluding carboxylic acids is 2. The summed E-state index contributed by atoms with van der Waals surface area (Å²) in [5.41, 5.74) is 6.79. The molecule has 122 valence electrons. The molecular formula is C18H16N2O4. The third-order valence-electron chi connectivity index (χ3n) is 3.53. The quantitative estimate of drug-likeness (QED) is 0.820. The third kappa shape index (κ3) is 3.55. The maximum atomic E-state index is 12.1. The summed E-state index contributed by atoms with van der Waals surface area (Å²) in [6, 6.07) is 13.3. The summed E-state index contributed by atoms with van der Waals surface area (Å²) in [4.78, 5) is 23.7. The van der Waals surface area contributed by atoms with Crippen LogP contribution in [-0.4, -0.2) is 18.6 Å². The number of ether oxygens (including phenoxy) is 2. The number of benzene rings is 2. The standard InChI is InChI=1S/C18H16N2O4/c19-18(22)17(13-4-2-1-3-5-13)20-16(21)9-7-12-6-8-14-15(10-12)24-11-23-14/h1-10,17H,11H2,(H2,19,22)(H,20,21)/b9-7+. The molecule has 2 amide bonds. The Morgan fingerprint density at radius 1 is 1.08 bits per heavy atom. The Labute approximate surface area is 138 Å². The molecule has 0 saturated carbocycles. The van der Waals surface area contributed by atoms with E-state index in [0.29, 0.717) is 17.1 Å². The van der Waals surface area contributed by atoms with Crippen molar-refractivity contribution in [2.75, 3.05) is 6.79 Å². The Morgan fingerprint density at radius 3 is 2.58 bits per heavy atom. The minimum absolute atomic E-state index is 0.195. The van der Waals surface area contributed by atoms with Crippen molar-refractivity contribution in [3.05, 3.63) is 65.7 Å². The van der Waals surface area contributed by atoms with Crippen molar-refractivity contribution in [3.8, 4) is 11.5 Å². The predicted molar refractivity (Wildman–Crippen MR) is 88.1 cm³/mol. The van der Waals surface area contributed by atoms with E-state index in [-0.39, 0.29) is 6.79 Å². The lowest BCUT2D eigenvalue weighted by atomic mass is 10.1. The van der Waals surface area contributed by atoms with Gasteiger partial charge in [0.1, 0.15) is 6.04 Å². The van der Waals surface area contributed by atoms with E-state index in [1.165, 1.54) is 6.08 Å². The molecule has 1 aliphatic rings. The zero-order chi connectivity index (χ0) is 16.9. The first-order chi connectivity index (χ1) is 11.6. The van der Waals surface area contributed by atoms with Gasteiger partial charge in [-0.05, 0) is 29.3 Å². The smallest absolute Gasteiger partial charge is 0.244 e. The summed E-state index contributed by atoms with van der Waals surface area (Å²) in [6.07, 6.45) is 2.97. The average molecular weight is 324 g/mol. The molecule has 0 fully saturated rings. The third-order valence-corrected chi connectivity index (χ3v) is 3.53. The van der Waals surface area contributed by atoms with E-state index in [2.05, 4.69) is 5.32 Å².